The van der Waals surface area contributed by atoms with Gasteiger partial charge in [0.15, 0.2) is 0 Å². The van der Waals surface area contributed by atoms with Gasteiger partial charge in [0.05, 0.1) is 11.1 Å². The van der Waals surface area contributed by atoms with Gasteiger partial charge in [0.1, 0.15) is 0 Å². The minimum atomic E-state index is -0.957. The monoisotopic (exact) mass is 792 g/mol. The van der Waals surface area contributed by atoms with Crippen LogP contribution in [0.15, 0.2) is 188 Å². The number of benzene rings is 7. The van der Waals surface area contributed by atoms with Crippen LogP contribution in [0.25, 0.3) is 32.9 Å². The third kappa shape index (κ3) is 8.89. The Balaban J connectivity index is 0.000000167. The van der Waals surface area contributed by atoms with Gasteiger partial charge in [-0.1, -0.05) is 145 Å². The summed E-state index contributed by atoms with van der Waals surface area (Å²) in [5, 5.41) is 22.1. The lowest BCUT2D eigenvalue weighted by Crippen LogP contribution is -2.04. The van der Waals surface area contributed by atoms with Crippen LogP contribution in [0.2, 0.25) is 5.02 Å². The molecule has 2 heterocycles. The van der Waals surface area contributed by atoms with Crippen molar-refractivity contribution in [2.45, 2.75) is 25.9 Å². The smallest absolute Gasteiger partial charge is 0.336 e. The summed E-state index contributed by atoms with van der Waals surface area (Å²) < 4.78 is 4.46. The lowest BCUT2D eigenvalue weighted by atomic mass is 9.94. The van der Waals surface area contributed by atoms with E-state index >= 15 is 0 Å². The van der Waals surface area contributed by atoms with Crippen molar-refractivity contribution in [1.82, 2.24) is 9.13 Å². The molecule has 0 aliphatic carbocycles. The quantitative estimate of drug-likeness (QED) is 0.137. The highest BCUT2D eigenvalue weighted by Gasteiger charge is 2.16. The molecule has 0 unspecified atom stereocenters. The number of fused-ring (bicyclic) bond motifs is 2. The molecule has 6 nitrogen and oxygen atoms in total. The Morgan fingerprint density at radius 1 is 0.441 bits per heavy atom. The summed E-state index contributed by atoms with van der Waals surface area (Å²) in [5.41, 5.74) is 11.1. The Bertz CT molecular complexity index is 2900. The molecular weight excluding hydrogens is 752 g/mol. The summed E-state index contributed by atoms with van der Waals surface area (Å²) in [6.45, 7) is 1.61. The molecule has 59 heavy (non-hydrogen) atoms. The first-order chi connectivity index (χ1) is 28.8. The van der Waals surface area contributed by atoms with E-state index in [1.165, 1.54) is 17.2 Å². The number of aromatic carboxylic acids is 2. The molecule has 0 aliphatic heterocycles. The number of hydrogen-bond acceptors (Lipinski definition) is 2. The van der Waals surface area contributed by atoms with Gasteiger partial charge < -0.3 is 19.3 Å². The number of hydrogen-bond donors (Lipinski definition) is 2. The minimum Gasteiger partial charge on any atom is -0.478 e. The summed E-state index contributed by atoms with van der Waals surface area (Å²) in [4.78, 5) is 23.6. The van der Waals surface area contributed by atoms with Crippen molar-refractivity contribution >= 4 is 45.3 Å². The van der Waals surface area contributed by atoms with Crippen LogP contribution in [-0.2, 0) is 25.9 Å². The maximum absolute atomic E-state index is 12.1. The van der Waals surface area contributed by atoms with Crippen molar-refractivity contribution in [2.24, 2.45) is 0 Å². The van der Waals surface area contributed by atoms with E-state index in [0.717, 1.165) is 68.3 Å². The van der Waals surface area contributed by atoms with E-state index in [-0.39, 0.29) is 5.56 Å². The molecule has 0 amide bonds. The zero-order chi connectivity index (χ0) is 40.7. The number of halogens is 1. The molecule has 2 aromatic heterocycles. The average Bonchev–Trinajstić information content (AvgIpc) is 3.87. The molecule has 0 bridgehead atoms. The van der Waals surface area contributed by atoms with E-state index in [1.807, 2.05) is 72.8 Å². The maximum Gasteiger partial charge on any atom is 0.336 e. The van der Waals surface area contributed by atoms with Crippen molar-refractivity contribution in [3.63, 3.8) is 0 Å². The van der Waals surface area contributed by atoms with Crippen molar-refractivity contribution in [3.8, 4) is 11.1 Å². The third-order valence-electron chi connectivity index (χ3n) is 10.7. The molecule has 7 aromatic carbocycles. The van der Waals surface area contributed by atoms with Crippen molar-refractivity contribution < 1.29 is 19.8 Å². The number of carbonyl (C=O) groups is 2. The summed E-state index contributed by atoms with van der Waals surface area (Å²) >= 11 is 5.97. The molecule has 0 atom stereocenters. The standard InChI is InChI=1S/C29H23NO2.C23H18ClNO2/c31-29(32)27-19-23(22-10-5-2-6-11-22)14-15-25(27)18-24-12-7-13-28-26(24)16-17-30(28)20-21-8-3-1-4-9-21;24-19-10-9-18(21(14-19)23(26)27)13-17-7-4-8-22-20(17)11-12-25(22)15-16-5-2-1-3-6-16/h1-17,19H,18,20H2,(H,31,32);1-12,14H,13,15H2,(H,26,27). The second-order valence-electron chi connectivity index (χ2n) is 14.6. The molecule has 9 rings (SSSR count). The van der Waals surface area contributed by atoms with Crippen LogP contribution in [0.4, 0.5) is 0 Å². The van der Waals surface area contributed by atoms with Gasteiger partial charge in [0.2, 0.25) is 0 Å². The van der Waals surface area contributed by atoms with Gasteiger partial charge in [-0.25, -0.2) is 9.59 Å². The van der Waals surface area contributed by atoms with Crippen LogP contribution >= 0.6 is 11.6 Å². The number of carboxylic acid groups (broad SMARTS) is 2. The topological polar surface area (TPSA) is 84.5 Å². The fraction of sp³-hybridized carbons (Fsp3) is 0.0769. The second kappa shape index (κ2) is 17.6. The van der Waals surface area contributed by atoms with Crippen LogP contribution < -0.4 is 0 Å². The SMILES string of the molecule is O=C(O)c1cc(-c2ccccc2)ccc1Cc1cccc2c1ccn2Cc1ccccc1.O=C(O)c1cc(Cl)ccc1Cc1cccc2c1ccn2Cc1ccccc1. The molecule has 0 aliphatic rings. The zero-order valence-corrected chi connectivity index (χ0v) is 33.0. The van der Waals surface area contributed by atoms with E-state index in [0.29, 0.717) is 23.4 Å². The highest BCUT2D eigenvalue weighted by Crippen LogP contribution is 2.29. The third-order valence-corrected chi connectivity index (χ3v) is 10.9. The second-order valence-corrected chi connectivity index (χ2v) is 15.0. The van der Waals surface area contributed by atoms with Crippen LogP contribution in [-0.4, -0.2) is 31.3 Å². The molecule has 2 N–H and O–H groups in total. The number of nitrogens with zero attached hydrogens (tertiary/aromatic N) is 2. The molecule has 0 radical (unpaired) electrons. The zero-order valence-electron chi connectivity index (χ0n) is 32.2. The number of carboxylic acids is 2. The number of aromatic nitrogens is 2. The summed E-state index contributed by atoms with van der Waals surface area (Å²) in [7, 11) is 0. The Labute approximate surface area is 347 Å². The fourth-order valence-electron chi connectivity index (χ4n) is 7.77. The lowest BCUT2D eigenvalue weighted by Gasteiger charge is -2.11. The molecule has 7 heteroatoms. The van der Waals surface area contributed by atoms with Crippen molar-refractivity contribution in [1.29, 1.82) is 0 Å². The van der Waals surface area contributed by atoms with Crippen LogP contribution in [0.3, 0.4) is 0 Å². The van der Waals surface area contributed by atoms with Gasteiger partial charge >= 0.3 is 11.9 Å². The van der Waals surface area contributed by atoms with Gasteiger partial charge in [-0.2, -0.15) is 0 Å². The van der Waals surface area contributed by atoms with Gasteiger partial charge in [-0.15, -0.1) is 0 Å². The van der Waals surface area contributed by atoms with E-state index in [9.17, 15) is 19.8 Å². The predicted octanol–water partition coefficient (Wildman–Crippen LogP) is 12.3. The molecule has 9 aromatic rings. The van der Waals surface area contributed by atoms with Crippen molar-refractivity contribution in [2.75, 3.05) is 0 Å². The first-order valence-corrected chi connectivity index (χ1v) is 19.8. The minimum absolute atomic E-state index is 0.253. The van der Waals surface area contributed by atoms with Crippen LogP contribution in [0.1, 0.15) is 54.1 Å². The van der Waals surface area contributed by atoms with Crippen molar-refractivity contribution in [3.05, 3.63) is 238 Å². The predicted molar refractivity (Wildman–Crippen MR) is 238 cm³/mol. The Kier molecular flexibility index (Phi) is 11.5. The summed E-state index contributed by atoms with van der Waals surface area (Å²) in [6.07, 6.45) is 5.31. The molecule has 0 saturated carbocycles. The largest absolute Gasteiger partial charge is 0.478 e. The molecule has 0 saturated heterocycles. The molecule has 290 valence electrons. The van der Waals surface area contributed by atoms with Crippen LogP contribution in [0, 0.1) is 0 Å². The molecular formula is C52H41ClN2O4. The van der Waals surface area contributed by atoms with E-state index < -0.39 is 11.9 Å². The average molecular weight is 793 g/mol. The summed E-state index contributed by atoms with van der Waals surface area (Å²) in [5.74, 6) is -1.85. The molecule has 0 spiro atoms. The van der Waals surface area contributed by atoms with Crippen LogP contribution in [0.5, 0.6) is 0 Å². The molecule has 0 fully saturated rings. The van der Waals surface area contributed by atoms with Gasteiger partial charge in [0.25, 0.3) is 0 Å². The van der Waals surface area contributed by atoms with Gasteiger partial charge in [0, 0.05) is 52.3 Å². The highest BCUT2D eigenvalue weighted by molar-refractivity contribution is 6.31. The normalized spacial score (nSPS) is 11.0. The fourth-order valence-corrected chi connectivity index (χ4v) is 7.94. The van der Waals surface area contributed by atoms with E-state index in [4.69, 9.17) is 11.6 Å². The van der Waals surface area contributed by atoms with E-state index in [1.54, 1.807) is 18.2 Å². The number of rotatable bonds is 11. The van der Waals surface area contributed by atoms with E-state index in [2.05, 4.69) is 100 Å². The summed E-state index contributed by atoms with van der Waals surface area (Å²) in [6, 6.07) is 58.1. The Morgan fingerprint density at radius 2 is 0.898 bits per heavy atom. The first-order valence-electron chi connectivity index (χ1n) is 19.5. The van der Waals surface area contributed by atoms with Gasteiger partial charge in [-0.3, -0.25) is 0 Å². The van der Waals surface area contributed by atoms with Gasteiger partial charge in [-0.05, 0) is 99.8 Å². The lowest BCUT2D eigenvalue weighted by molar-refractivity contribution is 0.0685. The highest BCUT2D eigenvalue weighted by atomic mass is 35.5. The Morgan fingerprint density at radius 3 is 1.39 bits per heavy atom. The first kappa shape index (κ1) is 38.7. The maximum atomic E-state index is 12.1. The Hall–Kier alpha value is -7.15.